The van der Waals surface area contributed by atoms with Crippen LogP contribution < -0.4 is 10.0 Å². The fourth-order valence-electron chi connectivity index (χ4n) is 1.61. The molecule has 1 heterocycles. The van der Waals surface area contributed by atoms with Gasteiger partial charge in [0.25, 0.3) is 0 Å². The summed E-state index contributed by atoms with van der Waals surface area (Å²) in [6.07, 6.45) is 1.38. The predicted molar refractivity (Wildman–Crippen MR) is 74.7 cm³/mol. The maximum absolute atomic E-state index is 12.1. The first-order chi connectivity index (χ1) is 9.53. The van der Waals surface area contributed by atoms with Gasteiger partial charge in [0.2, 0.25) is 10.0 Å². The molecule has 0 fully saturated rings. The van der Waals surface area contributed by atoms with Gasteiger partial charge in [0.1, 0.15) is 6.26 Å². The molecule has 20 heavy (non-hydrogen) atoms. The zero-order valence-electron chi connectivity index (χ0n) is 10.8. The lowest BCUT2D eigenvalue weighted by Crippen LogP contribution is -2.23. The second-order valence-electron chi connectivity index (χ2n) is 4.10. The third-order valence-electron chi connectivity index (χ3n) is 2.64. The summed E-state index contributed by atoms with van der Waals surface area (Å²) in [5.74, 6) is 0. The highest BCUT2D eigenvalue weighted by molar-refractivity contribution is 7.89. The van der Waals surface area contributed by atoms with E-state index in [1.807, 2.05) is 0 Å². The SMILES string of the molecule is CNCc1ccc(S(=O)(=O)NCc2ccon2)cc1Cl. The maximum atomic E-state index is 12.1. The third-order valence-corrected chi connectivity index (χ3v) is 4.39. The molecule has 0 aliphatic rings. The lowest BCUT2D eigenvalue weighted by molar-refractivity contribution is 0.411. The molecular weight excluding hydrogens is 302 g/mol. The van der Waals surface area contributed by atoms with E-state index in [0.717, 1.165) is 5.56 Å². The Kier molecular flexibility index (Phi) is 4.77. The lowest BCUT2D eigenvalue weighted by atomic mass is 10.2. The van der Waals surface area contributed by atoms with Gasteiger partial charge in [-0.25, -0.2) is 13.1 Å². The van der Waals surface area contributed by atoms with Crippen LogP contribution in [0.1, 0.15) is 11.3 Å². The standard InChI is InChI=1S/C12H14ClN3O3S/c1-14-7-9-2-3-11(6-12(9)13)20(17,18)15-8-10-4-5-19-16-10/h2-6,14-15H,7-8H2,1H3. The highest BCUT2D eigenvalue weighted by Gasteiger charge is 2.15. The van der Waals surface area contributed by atoms with Crippen molar-refractivity contribution >= 4 is 21.6 Å². The Hall–Kier alpha value is -1.41. The highest BCUT2D eigenvalue weighted by Crippen LogP contribution is 2.20. The minimum Gasteiger partial charge on any atom is -0.364 e. The summed E-state index contributed by atoms with van der Waals surface area (Å²) in [6.45, 7) is 0.639. The molecule has 0 amide bonds. The van der Waals surface area contributed by atoms with Gasteiger partial charge in [-0.05, 0) is 24.7 Å². The Morgan fingerprint density at radius 1 is 1.30 bits per heavy atom. The quantitative estimate of drug-likeness (QED) is 0.844. The van der Waals surface area contributed by atoms with E-state index in [0.29, 0.717) is 17.3 Å². The van der Waals surface area contributed by atoms with Gasteiger partial charge in [-0.3, -0.25) is 0 Å². The molecule has 0 aliphatic carbocycles. The van der Waals surface area contributed by atoms with Gasteiger partial charge in [-0.2, -0.15) is 0 Å². The summed E-state index contributed by atoms with van der Waals surface area (Å²) in [5.41, 5.74) is 1.34. The summed E-state index contributed by atoms with van der Waals surface area (Å²) in [4.78, 5) is 0.117. The second-order valence-corrected chi connectivity index (χ2v) is 6.27. The molecule has 0 unspecified atom stereocenters. The number of halogens is 1. The van der Waals surface area contributed by atoms with Crippen LogP contribution >= 0.6 is 11.6 Å². The second kappa shape index (κ2) is 6.36. The molecule has 0 radical (unpaired) electrons. The van der Waals surface area contributed by atoms with E-state index in [9.17, 15) is 8.42 Å². The van der Waals surface area contributed by atoms with Gasteiger partial charge >= 0.3 is 0 Å². The van der Waals surface area contributed by atoms with Crippen LogP contribution in [0.5, 0.6) is 0 Å². The number of nitrogens with one attached hydrogen (secondary N) is 2. The van der Waals surface area contributed by atoms with Crippen molar-refractivity contribution in [2.45, 2.75) is 18.0 Å². The predicted octanol–water partition coefficient (Wildman–Crippen LogP) is 1.53. The average molecular weight is 316 g/mol. The van der Waals surface area contributed by atoms with E-state index in [1.54, 1.807) is 19.2 Å². The summed E-state index contributed by atoms with van der Waals surface area (Å²) in [5, 5.41) is 7.00. The molecule has 0 saturated carbocycles. The molecule has 8 heteroatoms. The van der Waals surface area contributed by atoms with Crippen molar-refractivity contribution in [3.63, 3.8) is 0 Å². The van der Waals surface area contributed by atoms with Crippen LogP contribution in [-0.4, -0.2) is 20.6 Å². The average Bonchev–Trinajstić information content (AvgIpc) is 2.92. The summed E-state index contributed by atoms with van der Waals surface area (Å²) in [7, 11) is -1.83. The van der Waals surface area contributed by atoms with Crippen molar-refractivity contribution < 1.29 is 12.9 Å². The van der Waals surface area contributed by atoms with Crippen LogP contribution in [0.4, 0.5) is 0 Å². The fraction of sp³-hybridized carbons (Fsp3) is 0.250. The Morgan fingerprint density at radius 3 is 2.70 bits per heavy atom. The minimum absolute atomic E-state index is 0.0642. The monoisotopic (exact) mass is 315 g/mol. The molecule has 2 rings (SSSR count). The van der Waals surface area contributed by atoms with Crippen LogP contribution in [0.25, 0.3) is 0 Å². The first-order valence-electron chi connectivity index (χ1n) is 5.85. The molecule has 108 valence electrons. The van der Waals surface area contributed by atoms with Crippen LogP contribution in [0, 0.1) is 0 Å². The van der Waals surface area contributed by atoms with Crippen LogP contribution in [-0.2, 0) is 23.1 Å². The molecular formula is C12H14ClN3O3S. The maximum Gasteiger partial charge on any atom is 0.240 e. The highest BCUT2D eigenvalue weighted by atomic mass is 35.5. The Morgan fingerprint density at radius 2 is 2.10 bits per heavy atom. The van der Waals surface area contributed by atoms with E-state index in [4.69, 9.17) is 11.6 Å². The number of rotatable bonds is 6. The zero-order valence-corrected chi connectivity index (χ0v) is 12.3. The molecule has 0 saturated heterocycles. The molecule has 2 aromatic rings. The lowest BCUT2D eigenvalue weighted by Gasteiger charge is -2.08. The Bertz CT molecular complexity index is 671. The number of sulfonamides is 1. The molecule has 1 aromatic carbocycles. The van der Waals surface area contributed by atoms with Crippen molar-refractivity contribution in [2.24, 2.45) is 0 Å². The topological polar surface area (TPSA) is 84.2 Å². The smallest absolute Gasteiger partial charge is 0.240 e. The van der Waals surface area contributed by atoms with E-state index in [-0.39, 0.29) is 11.4 Å². The fourth-order valence-corrected chi connectivity index (χ4v) is 2.95. The van der Waals surface area contributed by atoms with E-state index in [2.05, 4.69) is 19.7 Å². The van der Waals surface area contributed by atoms with Crippen molar-refractivity contribution in [3.05, 3.63) is 46.8 Å². The molecule has 0 aliphatic heterocycles. The third kappa shape index (κ3) is 3.57. The summed E-state index contributed by atoms with van der Waals surface area (Å²) in [6, 6.07) is 6.22. The molecule has 6 nitrogen and oxygen atoms in total. The van der Waals surface area contributed by atoms with Gasteiger partial charge in [0.15, 0.2) is 0 Å². The first kappa shape index (κ1) is 15.0. The number of hydrogen-bond acceptors (Lipinski definition) is 5. The first-order valence-corrected chi connectivity index (χ1v) is 7.71. The van der Waals surface area contributed by atoms with Crippen molar-refractivity contribution in [1.29, 1.82) is 0 Å². The number of aromatic nitrogens is 1. The van der Waals surface area contributed by atoms with Gasteiger partial charge in [0.05, 0.1) is 17.1 Å². The summed E-state index contributed by atoms with van der Waals surface area (Å²) >= 11 is 6.05. The number of hydrogen-bond donors (Lipinski definition) is 2. The van der Waals surface area contributed by atoms with Crippen LogP contribution in [0.3, 0.4) is 0 Å². The zero-order chi connectivity index (χ0) is 14.6. The van der Waals surface area contributed by atoms with Gasteiger partial charge in [0, 0.05) is 17.6 Å². The minimum atomic E-state index is -3.63. The molecule has 0 bridgehead atoms. The molecule has 0 atom stereocenters. The van der Waals surface area contributed by atoms with Crippen LogP contribution in [0.15, 0.2) is 39.9 Å². The number of benzene rings is 1. The van der Waals surface area contributed by atoms with Crippen LogP contribution in [0.2, 0.25) is 5.02 Å². The van der Waals surface area contributed by atoms with E-state index < -0.39 is 10.0 Å². The molecule has 2 N–H and O–H groups in total. The molecule has 1 aromatic heterocycles. The van der Waals surface area contributed by atoms with Gasteiger partial charge < -0.3 is 9.84 Å². The Balaban J connectivity index is 2.14. The van der Waals surface area contributed by atoms with Crippen molar-refractivity contribution in [3.8, 4) is 0 Å². The number of nitrogens with zero attached hydrogens (tertiary/aromatic N) is 1. The molecule has 0 spiro atoms. The normalized spacial score (nSPS) is 11.7. The van der Waals surface area contributed by atoms with E-state index in [1.165, 1.54) is 18.4 Å². The Labute approximate surface area is 122 Å². The summed E-state index contributed by atoms with van der Waals surface area (Å²) < 4.78 is 31.3. The van der Waals surface area contributed by atoms with Crippen molar-refractivity contribution in [2.75, 3.05) is 7.05 Å². The van der Waals surface area contributed by atoms with Gasteiger partial charge in [-0.1, -0.05) is 22.8 Å². The van der Waals surface area contributed by atoms with Crippen molar-refractivity contribution in [1.82, 2.24) is 15.2 Å². The van der Waals surface area contributed by atoms with E-state index >= 15 is 0 Å². The largest absolute Gasteiger partial charge is 0.364 e. The van der Waals surface area contributed by atoms with Gasteiger partial charge in [-0.15, -0.1) is 0 Å².